The molecule has 0 aliphatic carbocycles. The fourth-order valence-corrected chi connectivity index (χ4v) is 3.03. The standard InChI is InChI=1S/C12H20N4OS/c1-15-11(13)10(8-14-15)12(17)16-6-3-4-9(18-2)5-7-16/h8-9H,3-7,13H2,1-2H3. The summed E-state index contributed by atoms with van der Waals surface area (Å²) in [6.07, 6.45) is 7.02. The lowest BCUT2D eigenvalue weighted by atomic mass is 10.2. The molecular weight excluding hydrogens is 248 g/mol. The average molecular weight is 268 g/mol. The van der Waals surface area contributed by atoms with Gasteiger partial charge < -0.3 is 10.6 Å². The molecule has 1 aromatic rings. The number of nitrogens with two attached hydrogens (primary N) is 1. The van der Waals surface area contributed by atoms with Gasteiger partial charge in [-0.25, -0.2) is 0 Å². The SMILES string of the molecule is CSC1CCCN(C(=O)c2cnn(C)c2N)CC1. The molecular formula is C12H20N4OS. The van der Waals surface area contributed by atoms with Crippen LogP contribution in [0.1, 0.15) is 29.6 Å². The molecule has 6 heteroatoms. The number of aromatic nitrogens is 2. The summed E-state index contributed by atoms with van der Waals surface area (Å²) >= 11 is 1.90. The molecule has 0 spiro atoms. The van der Waals surface area contributed by atoms with Gasteiger partial charge in [-0.3, -0.25) is 9.48 Å². The Kier molecular flexibility index (Phi) is 4.16. The molecule has 0 bridgehead atoms. The van der Waals surface area contributed by atoms with Gasteiger partial charge in [0.15, 0.2) is 0 Å². The van der Waals surface area contributed by atoms with Gasteiger partial charge in [0, 0.05) is 25.4 Å². The van der Waals surface area contributed by atoms with E-state index in [4.69, 9.17) is 5.73 Å². The van der Waals surface area contributed by atoms with E-state index >= 15 is 0 Å². The topological polar surface area (TPSA) is 64.2 Å². The maximum atomic E-state index is 12.4. The normalized spacial score (nSPS) is 20.8. The zero-order chi connectivity index (χ0) is 13.1. The highest BCUT2D eigenvalue weighted by Crippen LogP contribution is 2.23. The first-order chi connectivity index (χ1) is 8.63. The predicted molar refractivity (Wildman–Crippen MR) is 74.7 cm³/mol. The molecule has 2 heterocycles. The minimum atomic E-state index is 0.0161. The van der Waals surface area contributed by atoms with Crippen LogP contribution in [-0.2, 0) is 7.05 Å². The van der Waals surface area contributed by atoms with Crippen molar-refractivity contribution in [1.82, 2.24) is 14.7 Å². The molecule has 1 fully saturated rings. The molecule has 2 rings (SSSR count). The van der Waals surface area contributed by atoms with Crippen LogP contribution in [0.5, 0.6) is 0 Å². The Morgan fingerprint density at radius 1 is 1.50 bits per heavy atom. The summed E-state index contributed by atoms with van der Waals surface area (Å²) in [5.74, 6) is 0.466. The third-order valence-electron chi connectivity index (χ3n) is 3.51. The van der Waals surface area contributed by atoms with Crippen molar-refractivity contribution in [2.24, 2.45) is 7.05 Å². The number of hydrogen-bond acceptors (Lipinski definition) is 4. The van der Waals surface area contributed by atoms with E-state index in [2.05, 4.69) is 11.4 Å². The van der Waals surface area contributed by atoms with Crippen LogP contribution < -0.4 is 5.73 Å². The molecule has 1 atom stereocenters. The van der Waals surface area contributed by atoms with E-state index in [1.807, 2.05) is 16.7 Å². The highest BCUT2D eigenvalue weighted by molar-refractivity contribution is 7.99. The van der Waals surface area contributed by atoms with Crippen LogP contribution >= 0.6 is 11.8 Å². The summed E-state index contributed by atoms with van der Waals surface area (Å²) in [6.45, 7) is 1.64. The minimum absolute atomic E-state index is 0.0161. The van der Waals surface area contributed by atoms with Crippen LogP contribution in [-0.4, -0.2) is 45.2 Å². The number of thioether (sulfide) groups is 1. The first-order valence-electron chi connectivity index (χ1n) is 6.23. The maximum Gasteiger partial charge on any atom is 0.259 e. The Labute approximate surface area is 112 Å². The molecule has 1 aliphatic rings. The second kappa shape index (κ2) is 5.65. The largest absolute Gasteiger partial charge is 0.383 e. The van der Waals surface area contributed by atoms with Gasteiger partial charge in [0.1, 0.15) is 11.4 Å². The third-order valence-corrected chi connectivity index (χ3v) is 4.65. The second-order valence-electron chi connectivity index (χ2n) is 4.65. The number of carbonyl (C=O) groups is 1. The van der Waals surface area contributed by atoms with Crippen LogP contribution in [0.2, 0.25) is 0 Å². The lowest BCUT2D eigenvalue weighted by Crippen LogP contribution is -2.32. The van der Waals surface area contributed by atoms with Crippen LogP contribution in [0.25, 0.3) is 0 Å². The van der Waals surface area contributed by atoms with E-state index in [0.717, 1.165) is 25.9 Å². The second-order valence-corrected chi connectivity index (χ2v) is 5.79. The van der Waals surface area contributed by atoms with E-state index in [1.54, 1.807) is 13.2 Å². The molecule has 0 saturated carbocycles. The molecule has 1 aliphatic heterocycles. The molecule has 2 N–H and O–H groups in total. The molecule has 0 aromatic carbocycles. The highest BCUT2D eigenvalue weighted by atomic mass is 32.2. The number of anilines is 1. The molecule has 100 valence electrons. The van der Waals surface area contributed by atoms with Crippen molar-refractivity contribution in [2.45, 2.75) is 24.5 Å². The number of rotatable bonds is 2. The van der Waals surface area contributed by atoms with Gasteiger partial charge in [0.05, 0.1) is 6.20 Å². The average Bonchev–Trinajstić information content (AvgIpc) is 2.60. The molecule has 0 radical (unpaired) electrons. The van der Waals surface area contributed by atoms with Crippen LogP contribution in [0.15, 0.2) is 6.20 Å². The summed E-state index contributed by atoms with van der Waals surface area (Å²) in [6, 6.07) is 0. The quantitative estimate of drug-likeness (QED) is 0.879. The number of carbonyl (C=O) groups excluding carboxylic acids is 1. The van der Waals surface area contributed by atoms with Gasteiger partial charge in [-0.1, -0.05) is 0 Å². The number of nitrogens with zero attached hydrogens (tertiary/aromatic N) is 3. The first kappa shape index (κ1) is 13.3. The van der Waals surface area contributed by atoms with E-state index in [-0.39, 0.29) is 5.91 Å². The number of nitrogen functional groups attached to an aromatic ring is 1. The van der Waals surface area contributed by atoms with Crippen molar-refractivity contribution in [2.75, 3.05) is 25.1 Å². The van der Waals surface area contributed by atoms with E-state index in [9.17, 15) is 4.79 Å². The number of likely N-dealkylation sites (tertiary alicyclic amines) is 1. The highest BCUT2D eigenvalue weighted by Gasteiger charge is 2.23. The lowest BCUT2D eigenvalue weighted by molar-refractivity contribution is 0.0763. The van der Waals surface area contributed by atoms with Gasteiger partial charge in [-0.15, -0.1) is 0 Å². The zero-order valence-electron chi connectivity index (χ0n) is 10.9. The number of amides is 1. The van der Waals surface area contributed by atoms with Crippen molar-refractivity contribution in [1.29, 1.82) is 0 Å². The molecule has 1 aromatic heterocycles. The van der Waals surface area contributed by atoms with Crippen LogP contribution in [0, 0.1) is 0 Å². The van der Waals surface area contributed by atoms with Gasteiger partial charge in [0.2, 0.25) is 0 Å². The monoisotopic (exact) mass is 268 g/mol. The number of aryl methyl sites for hydroxylation is 1. The summed E-state index contributed by atoms with van der Waals surface area (Å²) in [4.78, 5) is 14.3. The van der Waals surface area contributed by atoms with E-state index < -0.39 is 0 Å². The third kappa shape index (κ3) is 2.63. The fourth-order valence-electron chi connectivity index (χ4n) is 2.29. The molecule has 1 amide bonds. The fraction of sp³-hybridized carbons (Fsp3) is 0.667. The molecule has 1 saturated heterocycles. The van der Waals surface area contributed by atoms with Crippen molar-refractivity contribution in [3.8, 4) is 0 Å². The predicted octanol–water partition coefficient (Wildman–Crippen LogP) is 1.36. The van der Waals surface area contributed by atoms with Gasteiger partial charge in [-0.05, 0) is 25.5 Å². The van der Waals surface area contributed by atoms with Crippen molar-refractivity contribution in [3.63, 3.8) is 0 Å². The van der Waals surface area contributed by atoms with E-state index in [1.165, 1.54) is 11.1 Å². The minimum Gasteiger partial charge on any atom is -0.383 e. The first-order valence-corrected chi connectivity index (χ1v) is 7.51. The Morgan fingerprint density at radius 3 is 2.89 bits per heavy atom. The Bertz CT molecular complexity index is 432. The lowest BCUT2D eigenvalue weighted by Gasteiger charge is -2.20. The van der Waals surface area contributed by atoms with Gasteiger partial charge in [0.25, 0.3) is 5.91 Å². The van der Waals surface area contributed by atoms with E-state index in [0.29, 0.717) is 16.6 Å². The summed E-state index contributed by atoms with van der Waals surface area (Å²) < 4.78 is 1.54. The Balaban J connectivity index is 2.07. The maximum absolute atomic E-state index is 12.4. The van der Waals surface area contributed by atoms with Crippen molar-refractivity contribution < 1.29 is 4.79 Å². The Morgan fingerprint density at radius 2 is 2.28 bits per heavy atom. The summed E-state index contributed by atoms with van der Waals surface area (Å²) in [5, 5.41) is 4.70. The number of hydrogen-bond donors (Lipinski definition) is 1. The van der Waals surface area contributed by atoms with Crippen molar-refractivity contribution >= 4 is 23.5 Å². The summed E-state index contributed by atoms with van der Waals surface area (Å²) in [7, 11) is 1.75. The summed E-state index contributed by atoms with van der Waals surface area (Å²) in [5.41, 5.74) is 6.38. The molecule has 18 heavy (non-hydrogen) atoms. The van der Waals surface area contributed by atoms with Gasteiger partial charge >= 0.3 is 0 Å². The zero-order valence-corrected chi connectivity index (χ0v) is 11.7. The molecule has 1 unspecified atom stereocenters. The van der Waals surface area contributed by atoms with Crippen LogP contribution in [0.4, 0.5) is 5.82 Å². The van der Waals surface area contributed by atoms with Crippen LogP contribution in [0.3, 0.4) is 0 Å². The smallest absolute Gasteiger partial charge is 0.259 e. The Hall–Kier alpha value is -1.17. The van der Waals surface area contributed by atoms with Gasteiger partial charge in [-0.2, -0.15) is 16.9 Å². The van der Waals surface area contributed by atoms with Crippen molar-refractivity contribution in [3.05, 3.63) is 11.8 Å². The molecule has 5 nitrogen and oxygen atoms in total.